The van der Waals surface area contributed by atoms with Crippen LogP contribution in [-0.2, 0) is 13.9 Å². The number of hydrogen-bond donors (Lipinski definition) is 2. The van der Waals surface area contributed by atoms with Crippen molar-refractivity contribution in [3.63, 3.8) is 0 Å². The number of phosphoric ester groups is 1. The predicted molar refractivity (Wildman–Crippen MR) is 23.0 cm³/mol. The van der Waals surface area contributed by atoms with Gasteiger partial charge in [0.25, 0.3) is 0 Å². The van der Waals surface area contributed by atoms with E-state index in [1.165, 1.54) is 0 Å². The summed E-state index contributed by atoms with van der Waals surface area (Å²) in [6.07, 6.45) is 0. The van der Waals surface area contributed by atoms with E-state index in [4.69, 9.17) is 9.79 Å². The Labute approximate surface area is 68.6 Å². The van der Waals surface area contributed by atoms with Crippen LogP contribution in [0.5, 0.6) is 0 Å². The van der Waals surface area contributed by atoms with Crippen molar-refractivity contribution in [3.05, 3.63) is 0 Å². The van der Waals surface area contributed by atoms with E-state index in [-0.39, 0.29) is 18.9 Å². The molecule has 0 atom stereocenters. The van der Waals surface area contributed by atoms with Gasteiger partial charge in [-0.3, -0.25) is 4.52 Å². The summed E-state index contributed by atoms with van der Waals surface area (Å²) in [6, 6.07) is 0. The second-order valence-corrected chi connectivity index (χ2v) is 2.38. The van der Waals surface area contributed by atoms with E-state index < -0.39 is 20.4 Å². The van der Waals surface area contributed by atoms with E-state index in [1.54, 1.807) is 0 Å². The van der Waals surface area contributed by atoms with Gasteiger partial charge < -0.3 is 19.7 Å². The summed E-state index contributed by atoms with van der Waals surface area (Å²) in [5.41, 5.74) is 0. The smallest absolute Gasteiger partial charge is 0.548 e. The average Bonchev–Trinajstić information content (AvgIpc) is 1.59. The number of hydrogen-bond acceptors (Lipinski definition) is 4. The second kappa shape index (κ2) is 4.91. The SMILES string of the molecule is O=C([O-])COP(=O)(O)O.[Li+]. The molecule has 0 amide bonds. The first-order valence-corrected chi connectivity index (χ1v) is 3.35. The Balaban J connectivity index is 0. The summed E-state index contributed by atoms with van der Waals surface area (Å²) in [5, 5.41) is 9.47. The normalized spacial score (nSPS) is 10.2. The van der Waals surface area contributed by atoms with E-state index >= 15 is 0 Å². The van der Waals surface area contributed by atoms with E-state index in [9.17, 15) is 14.5 Å². The van der Waals surface area contributed by atoms with Crippen molar-refractivity contribution < 1.29 is 47.6 Å². The van der Waals surface area contributed by atoms with Gasteiger partial charge in [0.15, 0.2) is 0 Å². The van der Waals surface area contributed by atoms with Gasteiger partial charge in [-0.1, -0.05) is 0 Å². The van der Waals surface area contributed by atoms with Gasteiger partial charge in [-0.05, 0) is 0 Å². The molecule has 0 aromatic rings. The number of carboxylic acid groups (broad SMARTS) is 1. The number of aliphatic carboxylic acids is 1. The van der Waals surface area contributed by atoms with Crippen LogP contribution in [-0.4, -0.2) is 22.4 Å². The first kappa shape index (κ1) is 12.8. The van der Waals surface area contributed by atoms with Gasteiger partial charge in [0.1, 0.15) is 0 Å². The molecule has 0 spiro atoms. The molecule has 0 aliphatic heterocycles. The molecule has 8 heteroatoms. The average molecular weight is 162 g/mol. The first-order chi connectivity index (χ1) is 3.92. The molecule has 0 aromatic carbocycles. The minimum Gasteiger partial charge on any atom is -0.548 e. The van der Waals surface area contributed by atoms with E-state index in [2.05, 4.69) is 4.52 Å². The molecule has 0 bridgehead atoms. The number of phosphoric acid groups is 1. The molecule has 0 radical (unpaired) electrons. The van der Waals surface area contributed by atoms with E-state index in [0.717, 1.165) is 0 Å². The number of carbonyl (C=O) groups is 1. The maximum Gasteiger partial charge on any atom is 1.00 e. The molecule has 0 unspecified atom stereocenters. The zero-order valence-electron chi connectivity index (χ0n) is 5.18. The summed E-state index contributed by atoms with van der Waals surface area (Å²) in [5.74, 6) is -1.67. The fourth-order valence-electron chi connectivity index (χ4n) is 0.137. The van der Waals surface area contributed by atoms with Crippen LogP contribution < -0.4 is 24.0 Å². The third kappa shape index (κ3) is 11.0. The first-order valence-electron chi connectivity index (χ1n) is 1.82. The number of carbonyl (C=O) groups excluding carboxylic acids is 1. The van der Waals surface area contributed by atoms with Crippen LogP contribution in [0.1, 0.15) is 0 Å². The van der Waals surface area contributed by atoms with Gasteiger partial charge in [0.05, 0.1) is 12.6 Å². The Kier molecular flexibility index (Phi) is 6.30. The molecular weight excluding hydrogens is 158 g/mol. The molecule has 0 saturated carbocycles. The van der Waals surface area contributed by atoms with Crippen molar-refractivity contribution in [2.75, 3.05) is 6.61 Å². The Morgan fingerprint density at radius 2 is 2.00 bits per heavy atom. The molecule has 0 saturated heterocycles. The molecule has 2 N–H and O–H groups in total. The molecule has 10 heavy (non-hydrogen) atoms. The molecule has 0 aromatic heterocycles. The van der Waals surface area contributed by atoms with Crippen molar-refractivity contribution in [1.29, 1.82) is 0 Å². The van der Waals surface area contributed by atoms with Crippen LogP contribution in [0.25, 0.3) is 0 Å². The second-order valence-electron chi connectivity index (χ2n) is 1.14. The van der Waals surface area contributed by atoms with Crippen molar-refractivity contribution in [2.24, 2.45) is 0 Å². The van der Waals surface area contributed by atoms with Crippen LogP contribution in [0.2, 0.25) is 0 Å². The van der Waals surface area contributed by atoms with Crippen LogP contribution in [0.3, 0.4) is 0 Å². The van der Waals surface area contributed by atoms with Gasteiger partial charge in [-0.2, -0.15) is 0 Å². The van der Waals surface area contributed by atoms with Gasteiger partial charge >= 0.3 is 26.7 Å². The Morgan fingerprint density at radius 1 is 1.60 bits per heavy atom. The molecule has 0 heterocycles. The van der Waals surface area contributed by atoms with Gasteiger partial charge in [-0.25, -0.2) is 4.57 Å². The van der Waals surface area contributed by atoms with Gasteiger partial charge in [-0.15, -0.1) is 0 Å². The van der Waals surface area contributed by atoms with Crippen LogP contribution in [0, 0.1) is 0 Å². The predicted octanol–water partition coefficient (Wildman–Crippen LogP) is -5.15. The van der Waals surface area contributed by atoms with Crippen molar-refractivity contribution in [3.8, 4) is 0 Å². The van der Waals surface area contributed by atoms with Crippen LogP contribution >= 0.6 is 7.82 Å². The maximum atomic E-state index is 9.72. The zero-order chi connectivity index (χ0) is 7.49. The van der Waals surface area contributed by atoms with Crippen LogP contribution in [0.15, 0.2) is 0 Å². The number of rotatable bonds is 3. The summed E-state index contributed by atoms with van der Waals surface area (Å²) in [7, 11) is -4.64. The topological polar surface area (TPSA) is 107 Å². The molecule has 0 aliphatic carbocycles. The van der Waals surface area contributed by atoms with Crippen molar-refractivity contribution in [2.45, 2.75) is 0 Å². The van der Waals surface area contributed by atoms with E-state index in [0.29, 0.717) is 0 Å². The maximum absolute atomic E-state index is 9.72. The van der Waals surface area contributed by atoms with E-state index in [1.807, 2.05) is 0 Å². The molecule has 0 fully saturated rings. The third-order valence-corrected chi connectivity index (χ3v) is 0.816. The Hall–Kier alpha value is 0.177. The summed E-state index contributed by atoms with van der Waals surface area (Å²) < 4.78 is 13.2. The Bertz CT molecular complexity index is 150. The largest absolute Gasteiger partial charge is 1.00 e. The zero-order valence-corrected chi connectivity index (χ0v) is 6.08. The standard InChI is InChI=1S/C2H5O6P.Li/c3-2(4)1-8-9(5,6)7;/h1H2,(H,3,4)(H2,5,6,7);/q;+1/p-1. The quantitative estimate of drug-likeness (QED) is 0.317. The van der Waals surface area contributed by atoms with Crippen LogP contribution in [0.4, 0.5) is 0 Å². The molecule has 54 valence electrons. The summed E-state index contributed by atoms with van der Waals surface area (Å²) >= 11 is 0. The molecular formula is C2H4LiO6P. The number of carboxylic acids is 1. The monoisotopic (exact) mass is 162 g/mol. The van der Waals surface area contributed by atoms with Crippen molar-refractivity contribution >= 4 is 13.8 Å². The van der Waals surface area contributed by atoms with Gasteiger partial charge in [0, 0.05) is 0 Å². The molecule has 0 aliphatic rings. The fraction of sp³-hybridized carbons (Fsp3) is 0.500. The molecule has 0 rings (SSSR count). The summed E-state index contributed by atoms with van der Waals surface area (Å²) in [4.78, 5) is 25.2. The Morgan fingerprint density at radius 3 is 2.10 bits per heavy atom. The minimum atomic E-state index is -4.64. The van der Waals surface area contributed by atoms with Gasteiger partial charge in [0.2, 0.25) is 0 Å². The minimum absolute atomic E-state index is 0. The third-order valence-electron chi connectivity index (χ3n) is 0.351. The summed E-state index contributed by atoms with van der Waals surface area (Å²) in [6.45, 7) is -1.09. The molecule has 6 nitrogen and oxygen atoms in total. The van der Waals surface area contributed by atoms with Crippen molar-refractivity contribution in [1.82, 2.24) is 0 Å². The fourth-order valence-corrected chi connectivity index (χ4v) is 0.410.